The zero-order valence-electron chi connectivity index (χ0n) is 9.45. The minimum Gasteiger partial charge on any atom is -0.399 e. The number of hydrogen-bond acceptors (Lipinski definition) is 3. The number of nitrogens with one attached hydrogen (secondary N) is 1. The van der Waals surface area contributed by atoms with E-state index in [2.05, 4.69) is 42.3 Å². The maximum atomic E-state index is 12.0. The molecule has 1 aromatic carbocycles. The van der Waals surface area contributed by atoms with Gasteiger partial charge in [-0.1, -0.05) is 0 Å². The van der Waals surface area contributed by atoms with Crippen LogP contribution in [0.2, 0.25) is 0 Å². The summed E-state index contributed by atoms with van der Waals surface area (Å²) in [6, 6.07) is 3.45. The van der Waals surface area contributed by atoms with Crippen LogP contribution in [0, 0.1) is 0 Å². The molecule has 0 spiro atoms. The Bertz CT molecular complexity index is 586. The third-order valence-corrected chi connectivity index (χ3v) is 3.52. The number of benzene rings is 1. The smallest absolute Gasteiger partial charge is 0.258 e. The number of hydrogen-bond donors (Lipinski definition) is 2. The maximum absolute atomic E-state index is 12.0. The van der Waals surface area contributed by atoms with E-state index in [9.17, 15) is 4.79 Å². The Morgan fingerprint density at radius 3 is 2.50 bits per heavy atom. The second kappa shape index (κ2) is 5.11. The van der Waals surface area contributed by atoms with Crippen LogP contribution in [-0.4, -0.2) is 15.7 Å². The van der Waals surface area contributed by atoms with Crippen LogP contribution in [-0.2, 0) is 7.05 Å². The van der Waals surface area contributed by atoms with Crippen LogP contribution in [0.25, 0.3) is 0 Å². The zero-order chi connectivity index (χ0) is 13.3. The van der Waals surface area contributed by atoms with Crippen LogP contribution in [0.3, 0.4) is 0 Å². The summed E-state index contributed by atoms with van der Waals surface area (Å²) >= 11 is 6.72. The highest BCUT2D eigenvalue weighted by atomic mass is 79.9. The largest absolute Gasteiger partial charge is 0.399 e. The topological polar surface area (TPSA) is 72.9 Å². The lowest BCUT2D eigenvalue weighted by Crippen LogP contribution is -2.12. The van der Waals surface area contributed by atoms with E-state index in [1.807, 2.05) is 0 Å². The summed E-state index contributed by atoms with van der Waals surface area (Å²) < 4.78 is 3.00. The molecule has 0 aliphatic rings. The number of carbonyl (C=O) groups excluding carboxylic acids is 1. The van der Waals surface area contributed by atoms with Gasteiger partial charge in [0.15, 0.2) is 0 Å². The molecule has 0 saturated carbocycles. The minimum absolute atomic E-state index is 0.228. The number of nitrogens with zero attached hydrogens (tertiary/aromatic N) is 2. The lowest BCUT2D eigenvalue weighted by molar-refractivity contribution is 0.102. The molecular formula is C11H10Br2N4O. The Morgan fingerprint density at radius 1 is 1.39 bits per heavy atom. The highest BCUT2D eigenvalue weighted by Crippen LogP contribution is 2.33. The van der Waals surface area contributed by atoms with Crippen LogP contribution in [0.15, 0.2) is 33.5 Å². The van der Waals surface area contributed by atoms with Crippen molar-refractivity contribution in [3.8, 4) is 0 Å². The molecule has 0 unspecified atom stereocenters. The van der Waals surface area contributed by atoms with Crippen LogP contribution < -0.4 is 11.1 Å². The summed E-state index contributed by atoms with van der Waals surface area (Å²) in [5.74, 6) is -0.228. The van der Waals surface area contributed by atoms with Gasteiger partial charge in [0.05, 0.1) is 17.4 Å². The monoisotopic (exact) mass is 372 g/mol. The first kappa shape index (κ1) is 13.1. The molecule has 2 aromatic rings. The molecule has 0 aliphatic heterocycles. The molecule has 0 saturated heterocycles. The van der Waals surface area contributed by atoms with Crippen molar-refractivity contribution in [2.45, 2.75) is 0 Å². The summed E-state index contributed by atoms with van der Waals surface area (Å²) in [5.41, 5.74) is 7.42. The first-order valence-corrected chi connectivity index (χ1v) is 6.60. The van der Waals surface area contributed by atoms with Crippen molar-refractivity contribution < 1.29 is 4.79 Å². The molecule has 7 heteroatoms. The van der Waals surface area contributed by atoms with Gasteiger partial charge in [0.2, 0.25) is 0 Å². The Hall–Kier alpha value is -1.34. The van der Waals surface area contributed by atoms with Gasteiger partial charge < -0.3 is 11.1 Å². The van der Waals surface area contributed by atoms with E-state index in [1.165, 1.54) is 6.20 Å². The van der Waals surface area contributed by atoms with Crippen molar-refractivity contribution in [1.82, 2.24) is 9.78 Å². The summed E-state index contributed by atoms with van der Waals surface area (Å²) in [6.07, 6.45) is 3.16. The molecule has 18 heavy (non-hydrogen) atoms. The second-order valence-corrected chi connectivity index (χ2v) is 5.43. The fourth-order valence-electron chi connectivity index (χ4n) is 1.44. The van der Waals surface area contributed by atoms with Gasteiger partial charge in [-0.25, -0.2) is 0 Å². The van der Waals surface area contributed by atoms with Crippen molar-refractivity contribution in [1.29, 1.82) is 0 Å². The number of halogens is 2. The van der Waals surface area contributed by atoms with Crippen LogP contribution in [0.4, 0.5) is 11.4 Å². The van der Waals surface area contributed by atoms with Crippen LogP contribution in [0.5, 0.6) is 0 Å². The van der Waals surface area contributed by atoms with Crippen molar-refractivity contribution in [3.05, 3.63) is 39.0 Å². The number of nitrogen functional groups attached to an aromatic ring is 1. The summed E-state index contributed by atoms with van der Waals surface area (Å²) in [7, 11) is 1.76. The first-order valence-electron chi connectivity index (χ1n) is 5.02. The highest BCUT2D eigenvalue weighted by molar-refractivity contribution is 9.11. The molecule has 5 nitrogen and oxygen atoms in total. The zero-order valence-corrected chi connectivity index (χ0v) is 12.6. The number of aryl methyl sites for hydroxylation is 1. The third-order valence-electron chi connectivity index (χ3n) is 2.27. The van der Waals surface area contributed by atoms with Crippen molar-refractivity contribution in [3.63, 3.8) is 0 Å². The van der Waals surface area contributed by atoms with E-state index < -0.39 is 0 Å². The highest BCUT2D eigenvalue weighted by Gasteiger charge is 2.13. The molecule has 0 atom stereocenters. The van der Waals surface area contributed by atoms with E-state index in [4.69, 9.17) is 5.73 Å². The number of rotatable bonds is 2. The fraction of sp³-hybridized carbons (Fsp3) is 0.0909. The Morgan fingerprint density at radius 2 is 2.00 bits per heavy atom. The van der Waals surface area contributed by atoms with Gasteiger partial charge in [-0.05, 0) is 44.0 Å². The summed E-state index contributed by atoms with van der Waals surface area (Å²) in [5, 5.41) is 6.74. The molecule has 0 bridgehead atoms. The first-order chi connectivity index (χ1) is 8.47. The normalized spacial score (nSPS) is 10.4. The van der Waals surface area contributed by atoms with E-state index in [-0.39, 0.29) is 5.91 Å². The average molecular weight is 374 g/mol. The van der Waals surface area contributed by atoms with Gasteiger partial charge in [0.25, 0.3) is 5.91 Å². The van der Waals surface area contributed by atoms with E-state index in [0.29, 0.717) is 25.9 Å². The number of aromatic nitrogens is 2. The maximum Gasteiger partial charge on any atom is 0.258 e. The van der Waals surface area contributed by atoms with Gasteiger partial charge in [-0.2, -0.15) is 5.10 Å². The Kier molecular flexibility index (Phi) is 3.72. The average Bonchev–Trinajstić information content (AvgIpc) is 2.70. The Balaban J connectivity index is 2.27. The van der Waals surface area contributed by atoms with Crippen LogP contribution >= 0.6 is 31.9 Å². The third kappa shape index (κ3) is 2.73. The summed E-state index contributed by atoms with van der Waals surface area (Å²) in [6.45, 7) is 0. The lowest BCUT2D eigenvalue weighted by Gasteiger charge is -2.09. The molecule has 1 heterocycles. The van der Waals surface area contributed by atoms with Crippen molar-refractivity contribution >= 4 is 49.1 Å². The molecule has 94 valence electrons. The number of anilines is 2. The molecule has 0 aliphatic carbocycles. The Labute approximate surface area is 121 Å². The van der Waals surface area contributed by atoms with Gasteiger partial charge in [0, 0.05) is 27.9 Å². The predicted octanol–water partition coefficient (Wildman–Crippen LogP) is 2.78. The minimum atomic E-state index is -0.228. The molecule has 0 radical (unpaired) electrons. The lowest BCUT2D eigenvalue weighted by atomic mass is 10.2. The predicted molar refractivity (Wildman–Crippen MR) is 77.4 cm³/mol. The number of amides is 1. The summed E-state index contributed by atoms with van der Waals surface area (Å²) in [4.78, 5) is 12.0. The molecule has 0 fully saturated rings. The molecular weight excluding hydrogens is 364 g/mol. The van der Waals surface area contributed by atoms with Gasteiger partial charge in [-0.15, -0.1) is 0 Å². The quantitative estimate of drug-likeness (QED) is 0.795. The fourth-order valence-corrected chi connectivity index (χ4v) is 2.86. The van der Waals surface area contributed by atoms with E-state index in [0.717, 1.165) is 0 Å². The molecule has 1 aromatic heterocycles. The number of nitrogens with two attached hydrogens (primary N) is 1. The van der Waals surface area contributed by atoms with E-state index >= 15 is 0 Å². The van der Waals surface area contributed by atoms with Gasteiger partial charge >= 0.3 is 0 Å². The molecule has 1 amide bonds. The van der Waals surface area contributed by atoms with Gasteiger partial charge in [0.1, 0.15) is 0 Å². The SMILES string of the molecule is Cn1cc(C(=O)Nc2c(Br)cc(N)cc2Br)cn1. The number of carbonyl (C=O) groups is 1. The van der Waals surface area contributed by atoms with Gasteiger partial charge in [-0.3, -0.25) is 9.48 Å². The standard InChI is InChI=1S/C11H10Br2N4O/c1-17-5-6(4-15-17)11(18)16-10-8(12)2-7(14)3-9(10)13/h2-5H,14H2,1H3,(H,16,18). The van der Waals surface area contributed by atoms with Crippen molar-refractivity contribution in [2.75, 3.05) is 11.1 Å². The van der Waals surface area contributed by atoms with Crippen molar-refractivity contribution in [2.24, 2.45) is 7.05 Å². The second-order valence-electron chi connectivity index (χ2n) is 3.72. The van der Waals surface area contributed by atoms with E-state index in [1.54, 1.807) is 30.1 Å². The van der Waals surface area contributed by atoms with Crippen LogP contribution in [0.1, 0.15) is 10.4 Å². The molecule has 3 N–H and O–H groups in total. The molecule has 2 rings (SSSR count).